The molecular weight excluding hydrogens is 355 g/mol. The molecule has 1 aliphatic heterocycles. The summed E-state index contributed by atoms with van der Waals surface area (Å²) in [4.78, 5) is 22.1. The van der Waals surface area contributed by atoms with Gasteiger partial charge in [-0.15, -0.1) is 0 Å². The van der Waals surface area contributed by atoms with E-state index in [-0.39, 0.29) is 17.8 Å². The number of aromatic amines is 1. The highest BCUT2D eigenvalue weighted by molar-refractivity contribution is 6.31. The summed E-state index contributed by atoms with van der Waals surface area (Å²) in [5.41, 5.74) is 2.29. The predicted molar refractivity (Wildman–Crippen MR) is 100 cm³/mol. The number of benzene rings is 2. The number of anilines is 1. The van der Waals surface area contributed by atoms with Gasteiger partial charge in [-0.1, -0.05) is 17.7 Å². The molecule has 0 saturated carbocycles. The molecule has 134 valence electrons. The van der Waals surface area contributed by atoms with E-state index >= 15 is 0 Å². The molecule has 3 aromatic rings. The average Bonchev–Trinajstić information content (AvgIpc) is 3.05. The van der Waals surface area contributed by atoms with E-state index in [0.717, 1.165) is 29.7 Å². The van der Waals surface area contributed by atoms with Gasteiger partial charge in [0, 0.05) is 29.7 Å². The number of carbonyl (C=O) groups excluding carboxylic acids is 1. The van der Waals surface area contributed by atoms with Gasteiger partial charge in [0.15, 0.2) is 0 Å². The van der Waals surface area contributed by atoms with Gasteiger partial charge in [-0.05, 0) is 49.2 Å². The average molecular weight is 373 g/mol. The van der Waals surface area contributed by atoms with Crippen LogP contribution < -0.4 is 5.32 Å². The number of carbonyl (C=O) groups is 1. The third-order valence-electron chi connectivity index (χ3n) is 4.71. The molecule has 0 bridgehead atoms. The number of likely N-dealkylation sites (tertiary alicyclic amines) is 1. The number of rotatable bonds is 2. The van der Waals surface area contributed by atoms with Crippen molar-refractivity contribution in [2.75, 3.05) is 18.4 Å². The van der Waals surface area contributed by atoms with E-state index in [1.165, 1.54) is 12.1 Å². The second kappa shape index (κ2) is 6.96. The number of amides is 2. The maximum atomic E-state index is 13.2. The summed E-state index contributed by atoms with van der Waals surface area (Å²) in [7, 11) is 0. The summed E-state index contributed by atoms with van der Waals surface area (Å²) in [5.74, 6) is 0.846. The van der Waals surface area contributed by atoms with Crippen LogP contribution in [-0.4, -0.2) is 34.0 Å². The molecule has 0 spiro atoms. The SMILES string of the molecule is O=C(Nc1cccc(F)c1)N1CCC(c2nc3ccc(Cl)cc3[nH]2)CC1. The standard InChI is InChI=1S/C19H18ClFN4O/c20-13-4-5-16-17(10-13)24-18(23-16)12-6-8-25(9-7-12)19(26)22-15-3-1-2-14(21)11-15/h1-5,10-12H,6-9H2,(H,22,26)(H,23,24). The Balaban J connectivity index is 1.39. The minimum Gasteiger partial charge on any atom is -0.342 e. The summed E-state index contributed by atoms with van der Waals surface area (Å²) >= 11 is 6.02. The van der Waals surface area contributed by atoms with Gasteiger partial charge >= 0.3 is 6.03 Å². The van der Waals surface area contributed by atoms with E-state index in [2.05, 4.69) is 15.3 Å². The highest BCUT2D eigenvalue weighted by atomic mass is 35.5. The zero-order valence-electron chi connectivity index (χ0n) is 14.0. The molecule has 0 atom stereocenters. The van der Waals surface area contributed by atoms with Gasteiger partial charge < -0.3 is 15.2 Å². The Bertz CT molecular complexity index is 950. The zero-order valence-corrected chi connectivity index (χ0v) is 14.8. The van der Waals surface area contributed by atoms with Crippen LogP contribution in [0.3, 0.4) is 0 Å². The van der Waals surface area contributed by atoms with E-state index in [1.807, 2.05) is 18.2 Å². The highest BCUT2D eigenvalue weighted by Gasteiger charge is 2.26. The smallest absolute Gasteiger partial charge is 0.321 e. The largest absolute Gasteiger partial charge is 0.342 e. The molecule has 1 aromatic heterocycles. The normalized spacial score (nSPS) is 15.4. The maximum Gasteiger partial charge on any atom is 0.321 e. The van der Waals surface area contributed by atoms with Crippen molar-refractivity contribution < 1.29 is 9.18 Å². The van der Waals surface area contributed by atoms with Crippen molar-refractivity contribution in [1.82, 2.24) is 14.9 Å². The van der Waals surface area contributed by atoms with Crippen LogP contribution in [0.15, 0.2) is 42.5 Å². The van der Waals surface area contributed by atoms with Crippen LogP contribution >= 0.6 is 11.6 Å². The second-order valence-corrected chi connectivity index (χ2v) is 6.92. The second-order valence-electron chi connectivity index (χ2n) is 6.49. The number of hydrogen-bond donors (Lipinski definition) is 2. The third-order valence-corrected chi connectivity index (χ3v) is 4.94. The van der Waals surface area contributed by atoms with Gasteiger partial charge in [-0.3, -0.25) is 0 Å². The minimum atomic E-state index is -0.369. The van der Waals surface area contributed by atoms with Crippen molar-refractivity contribution in [3.8, 4) is 0 Å². The molecule has 26 heavy (non-hydrogen) atoms. The van der Waals surface area contributed by atoms with Gasteiger partial charge in [0.05, 0.1) is 11.0 Å². The number of aromatic nitrogens is 2. The predicted octanol–water partition coefficient (Wildman–Crippen LogP) is 4.77. The van der Waals surface area contributed by atoms with E-state index in [1.54, 1.807) is 17.0 Å². The van der Waals surface area contributed by atoms with Gasteiger partial charge in [0.25, 0.3) is 0 Å². The third kappa shape index (κ3) is 3.51. The van der Waals surface area contributed by atoms with Crippen LogP contribution in [0.4, 0.5) is 14.9 Å². The summed E-state index contributed by atoms with van der Waals surface area (Å²) in [6.07, 6.45) is 1.65. The number of hydrogen-bond acceptors (Lipinski definition) is 2. The Hall–Kier alpha value is -2.60. The molecule has 2 aromatic carbocycles. The van der Waals surface area contributed by atoms with Crippen LogP contribution in [0.2, 0.25) is 5.02 Å². The number of H-pyrrole nitrogens is 1. The van der Waals surface area contributed by atoms with Crippen LogP contribution in [0, 0.1) is 5.82 Å². The first kappa shape index (κ1) is 16.8. The number of imidazole rings is 1. The molecule has 0 unspecified atom stereocenters. The molecular formula is C19H18ClFN4O. The van der Waals surface area contributed by atoms with Crippen molar-refractivity contribution in [3.05, 3.63) is 59.1 Å². The van der Waals surface area contributed by atoms with E-state index in [4.69, 9.17) is 11.6 Å². The summed E-state index contributed by atoms with van der Waals surface area (Å²) in [6.45, 7) is 1.26. The minimum absolute atomic E-state index is 0.203. The lowest BCUT2D eigenvalue weighted by atomic mass is 9.96. The number of piperidine rings is 1. The number of urea groups is 1. The number of nitrogens with one attached hydrogen (secondary N) is 2. The molecule has 5 nitrogen and oxygen atoms in total. The molecule has 2 N–H and O–H groups in total. The van der Waals surface area contributed by atoms with Crippen molar-refractivity contribution in [1.29, 1.82) is 0 Å². The Labute approximate surface area is 155 Å². The van der Waals surface area contributed by atoms with Gasteiger partial charge in [-0.25, -0.2) is 14.2 Å². The van der Waals surface area contributed by atoms with Gasteiger partial charge in [0.2, 0.25) is 0 Å². The maximum absolute atomic E-state index is 13.2. The number of halogens is 2. The first-order valence-corrected chi connectivity index (χ1v) is 8.93. The molecule has 0 aliphatic carbocycles. The quantitative estimate of drug-likeness (QED) is 0.680. The Morgan fingerprint density at radius 2 is 2.04 bits per heavy atom. The lowest BCUT2D eigenvalue weighted by Gasteiger charge is -2.31. The molecule has 2 amide bonds. The van der Waals surface area contributed by atoms with E-state index in [9.17, 15) is 9.18 Å². The molecule has 7 heteroatoms. The fraction of sp³-hybridized carbons (Fsp3) is 0.263. The lowest BCUT2D eigenvalue weighted by Crippen LogP contribution is -2.40. The van der Waals surface area contributed by atoms with E-state index < -0.39 is 0 Å². The molecule has 2 heterocycles. The molecule has 1 fully saturated rings. The first-order valence-electron chi connectivity index (χ1n) is 8.55. The van der Waals surface area contributed by atoms with Gasteiger partial charge in [0.1, 0.15) is 11.6 Å². The van der Waals surface area contributed by atoms with Crippen LogP contribution in [0.5, 0.6) is 0 Å². The summed E-state index contributed by atoms with van der Waals surface area (Å²) in [6, 6.07) is 11.3. The van der Waals surface area contributed by atoms with Crippen molar-refractivity contribution in [3.63, 3.8) is 0 Å². The fourth-order valence-corrected chi connectivity index (χ4v) is 3.49. The van der Waals surface area contributed by atoms with Gasteiger partial charge in [-0.2, -0.15) is 0 Å². The number of nitrogens with zero attached hydrogens (tertiary/aromatic N) is 2. The molecule has 4 rings (SSSR count). The van der Waals surface area contributed by atoms with Crippen LogP contribution in [0.25, 0.3) is 11.0 Å². The summed E-state index contributed by atoms with van der Waals surface area (Å²) in [5, 5.41) is 3.42. The zero-order chi connectivity index (χ0) is 18.1. The number of fused-ring (bicyclic) bond motifs is 1. The first-order chi connectivity index (χ1) is 12.6. The monoisotopic (exact) mass is 372 g/mol. The topological polar surface area (TPSA) is 61.0 Å². The molecule has 1 saturated heterocycles. The highest BCUT2D eigenvalue weighted by Crippen LogP contribution is 2.28. The van der Waals surface area contributed by atoms with Crippen LogP contribution in [0.1, 0.15) is 24.6 Å². The molecule has 0 radical (unpaired) electrons. The van der Waals surface area contributed by atoms with Crippen molar-refractivity contribution >= 4 is 34.4 Å². The Kier molecular flexibility index (Phi) is 4.51. The summed E-state index contributed by atoms with van der Waals surface area (Å²) < 4.78 is 13.2. The van der Waals surface area contributed by atoms with Crippen molar-refractivity contribution in [2.24, 2.45) is 0 Å². The van der Waals surface area contributed by atoms with Crippen molar-refractivity contribution in [2.45, 2.75) is 18.8 Å². The Morgan fingerprint density at radius 1 is 1.23 bits per heavy atom. The van der Waals surface area contributed by atoms with Crippen LogP contribution in [-0.2, 0) is 0 Å². The fourth-order valence-electron chi connectivity index (χ4n) is 3.32. The lowest BCUT2D eigenvalue weighted by molar-refractivity contribution is 0.193. The Morgan fingerprint density at radius 3 is 2.81 bits per heavy atom. The molecule has 1 aliphatic rings. The van der Waals surface area contributed by atoms with E-state index in [0.29, 0.717) is 23.8 Å².